The lowest BCUT2D eigenvalue weighted by Crippen LogP contribution is -2.38. The van der Waals surface area contributed by atoms with E-state index in [1.165, 1.54) is 19.2 Å². The minimum Gasteiger partial charge on any atom is -0.504 e. The minimum absolute atomic E-state index is 0.0921. The summed E-state index contributed by atoms with van der Waals surface area (Å²) in [5.74, 6) is -0.676. The Labute approximate surface area is 139 Å². The smallest absolute Gasteiger partial charge is 0.160 e. The number of morpholine rings is 1. The highest BCUT2D eigenvalue weighted by Crippen LogP contribution is 2.29. The second-order valence-electron chi connectivity index (χ2n) is 5.77. The van der Waals surface area contributed by atoms with E-state index in [9.17, 15) is 13.9 Å². The van der Waals surface area contributed by atoms with Gasteiger partial charge in [0.25, 0.3) is 0 Å². The molecule has 1 heterocycles. The van der Waals surface area contributed by atoms with E-state index in [-0.39, 0.29) is 5.75 Å². The minimum atomic E-state index is -0.597. The number of hydrogen-bond donors (Lipinski definition) is 1. The van der Waals surface area contributed by atoms with Gasteiger partial charge in [-0.2, -0.15) is 0 Å². The Hall–Kier alpha value is -2.18. The summed E-state index contributed by atoms with van der Waals surface area (Å²) < 4.78 is 37.8. The van der Waals surface area contributed by atoms with E-state index >= 15 is 0 Å². The Morgan fingerprint density at radius 3 is 2.83 bits per heavy atom. The molecule has 1 atom stereocenters. The van der Waals surface area contributed by atoms with Crippen LogP contribution >= 0.6 is 0 Å². The highest BCUT2D eigenvalue weighted by Gasteiger charge is 2.24. The van der Waals surface area contributed by atoms with Gasteiger partial charge >= 0.3 is 0 Å². The van der Waals surface area contributed by atoms with E-state index in [2.05, 4.69) is 4.90 Å². The number of phenolic OH excluding ortho intramolecular Hbond substituents is 1. The quantitative estimate of drug-likeness (QED) is 0.931. The van der Waals surface area contributed by atoms with Crippen LogP contribution in [0.3, 0.4) is 0 Å². The van der Waals surface area contributed by atoms with Crippen molar-refractivity contribution in [1.29, 1.82) is 0 Å². The maximum Gasteiger partial charge on any atom is 0.160 e. The first-order valence-electron chi connectivity index (χ1n) is 7.71. The summed E-state index contributed by atoms with van der Waals surface area (Å²) in [6.45, 7) is 2.31. The molecule has 24 heavy (non-hydrogen) atoms. The summed E-state index contributed by atoms with van der Waals surface area (Å²) in [5, 5.41) is 9.65. The third kappa shape index (κ3) is 3.66. The zero-order chi connectivity index (χ0) is 17.1. The number of hydrogen-bond acceptors (Lipinski definition) is 4. The van der Waals surface area contributed by atoms with Gasteiger partial charge in [-0.3, -0.25) is 4.90 Å². The van der Waals surface area contributed by atoms with Gasteiger partial charge in [-0.05, 0) is 23.8 Å². The van der Waals surface area contributed by atoms with Crippen molar-refractivity contribution in [2.75, 3.05) is 26.8 Å². The first-order valence-corrected chi connectivity index (χ1v) is 7.71. The molecule has 0 spiro atoms. The molecule has 0 aromatic heterocycles. The normalized spacial score (nSPS) is 18.5. The van der Waals surface area contributed by atoms with Gasteiger partial charge in [0.1, 0.15) is 11.6 Å². The fourth-order valence-corrected chi connectivity index (χ4v) is 2.88. The second-order valence-corrected chi connectivity index (χ2v) is 5.77. The van der Waals surface area contributed by atoms with Crippen molar-refractivity contribution in [2.24, 2.45) is 0 Å². The summed E-state index contributed by atoms with van der Waals surface area (Å²) in [7, 11) is 1.50. The van der Waals surface area contributed by atoms with Crippen molar-refractivity contribution in [1.82, 2.24) is 4.90 Å². The van der Waals surface area contributed by atoms with Crippen LogP contribution in [0.25, 0.3) is 0 Å². The van der Waals surface area contributed by atoms with Crippen LogP contribution in [0.4, 0.5) is 8.78 Å². The van der Waals surface area contributed by atoms with Gasteiger partial charge in [-0.1, -0.05) is 12.1 Å². The predicted octanol–water partition coefficient (Wildman–Crippen LogP) is 3.25. The van der Waals surface area contributed by atoms with Crippen LogP contribution in [0.2, 0.25) is 0 Å². The van der Waals surface area contributed by atoms with Crippen LogP contribution in [0.15, 0.2) is 36.4 Å². The van der Waals surface area contributed by atoms with E-state index in [0.717, 1.165) is 11.6 Å². The molecule has 128 valence electrons. The molecule has 4 nitrogen and oxygen atoms in total. The van der Waals surface area contributed by atoms with Crippen LogP contribution in [-0.4, -0.2) is 36.8 Å². The van der Waals surface area contributed by atoms with Crippen molar-refractivity contribution in [2.45, 2.75) is 12.6 Å². The number of methoxy groups -OCH3 is 1. The zero-order valence-electron chi connectivity index (χ0n) is 13.3. The van der Waals surface area contributed by atoms with E-state index in [4.69, 9.17) is 9.47 Å². The molecule has 1 aliphatic rings. The number of benzene rings is 2. The molecule has 1 fully saturated rings. The first kappa shape index (κ1) is 16.7. The highest BCUT2D eigenvalue weighted by atomic mass is 19.1. The fraction of sp³-hybridized carbons (Fsp3) is 0.333. The average molecular weight is 335 g/mol. The monoisotopic (exact) mass is 335 g/mol. The number of aromatic hydroxyl groups is 1. The first-order chi connectivity index (χ1) is 11.6. The molecular formula is C18H19F2NO3. The molecular weight excluding hydrogens is 316 g/mol. The lowest BCUT2D eigenvalue weighted by Gasteiger charge is -2.33. The van der Waals surface area contributed by atoms with E-state index in [0.29, 0.717) is 37.6 Å². The van der Waals surface area contributed by atoms with E-state index in [1.807, 2.05) is 6.07 Å². The Morgan fingerprint density at radius 1 is 1.25 bits per heavy atom. The molecule has 3 rings (SSSR count). The molecule has 6 heteroatoms. The molecule has 0 bridgehead atoms. The topological polar surface area (TPSA) is 41.9 Å². The fourth-order valence-electron chi connectivity index (χ4n) is 2.88. The van der Waals surface area contributed by atoms with Gasteiger partial charge in [0, 0.05) is 31.3 Å². The van der Waals surface area contributed by atoms with Crippen LogP contribution in [0, 0.1) is 11.6 Å². The van der Waals surface area contributed by atoms with Gasteiger partial charge in [-0.25, -0.2) is 8.78 Å². The Morgan fingerprint density at radius 2 is 2.08 bits per heavy atom. The lowest BCUT2D eigenvalue weighted by atomic mass is 10.1. The maximum absolute atomic E-state index is 13.9. The molecule has 0 saturated carbocycles. The van der Waals surface area contributed by atoms with Crippen molar-refractivity contribution in [3.63, 3.8) is 0 Å². The number of rotatable bonds is 4. The summed E-state index contributed by atoms with van der Waals surface area (Å²) in [4.78, 5) is 2.13. The average Bonchev–Trinajstić information content (AvgIpc) is 2.57. The zero-order valence-corrected chi connectivity index (χ0v) is 13.3. The van der Waals surface area contributed by atoms with Crippen LogP contribution in [-0.2, 0) is 11.3 Å². The number of nitrogens with zero attached hydrogens (tertiary/aromatic N) is 1. The van der Waals surface area contributed by atoms with Gasteiger partial charge in [0.15, 0.2) is 11.5 Å². The second kappa shape index (κ2) is 7.15. The Balaban J connectivity index is 1.71. The SMILES string of the molecule is COc1cc(CN2CCOC(c3ccc(F)cc3F)C2)ccc1O. The van der Waals surface area contributed by atoms with Crippen LogP contribution < -0.4 is 4.74 Å². The van der Waals surface area contributed by atoms with Crippen molar-refractivity contribution >= 4 is 0 Å². The van der Waals surface area contributed by atoms with Crippen molar-refractivity contribution < 1.29 is 23.4 Å². The molecule has 1 aliphatic heterocycles. The van der Waals surface area contributed by atoms with Crippen molar-refractivity contribution in [3.8, 4) is 11.5 Å². The standard InChI is InChI=1S/C18H19F2NO3/c1-23-17-8-12(2-5-16(17)22)10-21-6-7-24-18(11-21)14-4-3-13(19)9-15(14)20/h2-5,8-9,18,22H,6-7,10-11H2,1H3. The van der Waals surface area contributed by atoms with Gasteiger partial charge in [0.05, 0.1) is 19.8 Å². The van der Waals surface area contributed by atoms with Crippen LogP contribution in [0.1, 0.15) is 17.2 Å². The van der Waals surface area contributed by atoms with Crippen molar-refractivity contribution in [3.05, 3.63) is 59.2 Å². The van der Waals surface area contributed by atoms with Gasteiger partial charge < -0.3 is 14.6 Å². The predicted molar refractivity (Wildman–Crippen MR) is 85.0 cm³/mol. The summed E-state index contributed by atoms with van der Waals surface area (Å²) >= 11 is 0. The summed E-state index contributed by atoms with van der Waals surface area (Å²) in [6.07, 6.45) is -0.432. The number of phenols is 1. The molecule has 0 radical (unpaired) electrons. The number of ether oxygens (including phenoxy) is 2. The Kier molecular flexibility index (Phi) is 4.97. The third-order valence-corrected chi connectivity index (χ3v) is 4.11. The van der Waals surface area contributed by atoms with Gasteiger partial charge in [0.2, 0.25) is 0 Å². The van der Waals surface area contributed by atoms with Gasteiger partial charge in [-0.15, -0.1) is 0 Å². The molecule has 2 aromatic rings. The lowest BCUT2D eigenvalue weighted by molar-refractivity contribution is -0.0345. The summed E-state index contributed by atoms with van der Waals surface area (Å²) in [5.41, 5.74) is 1.34. The highest BCUT2D eigenvalue weighted by molar-refractivity contribution is 5.41. The molecule has 1 N–H and O–H groups in total. The molecule has 0 amide bonds. The molecule has 2 aromatic carbocycles. The third-order valence-electron chi connectivity index (χ3n) is 4.11. The maximum atomic E-state index is 13.9. The van der Waals surface area contributed by atoms with Crippen LogP contribution in [0.5, 0.6) is 11.5 Å². The molecule has 1 unspecified atom stereocenters. The number of halogens is 2. The van der Waals surface area contributed by atoms with E-state index in [1.54, 1.807) is 12.1 Å². The largest absolute Gasteiger partial charge is 0.504 e. The Bertz CT molecular complexity index is 723. The summed E-state index contributed by atoms with van der Waals surface area (Å²) in [6, 6.07) is 8.74. The molecule has 0 aliphatic carbocycles. The van der Waals surface area contributed by atoms with E-state index < -0.39 is 17.7 Å². The molecule has 1 saturated heterocycles.